The van der Waals surface area contributed by atoms with Gasteiger partial charge in [-0.2, -0.15) is 0 Å². The molecular weight excluding hydrogens is 215 g/mol. The number of nitrogens with zero attached hydrogens (tertiary/aromatic N) is 1. The second kappa shape index (κ2) is 4.75. The van der Waals surface area contributed by atoms with Gasteiger partial charge in [-0.05, 0) is 37.9 Å². The third kappa shape index (κ3) is 2.35. The highest BCUT2D eigenvalue weighted by atomic mass is 19.1. The zero-order valence-corrected chi connectivity index (χ0v) is 10.0. The first-order chi connectivity index (χ1) is 8.33. The van der Waals surface area contributed by atoms with Crippen molar-refractivity contribution in [2.24, 2.45) is 5.92 Å². The standard InChI is InChI=1S/C14H19FN2/c15-13-4-2-1-3-12(13)9-16-14-10-17-7-5-11(14)6-8-17/h1-4,11,14,16H,5-10H2/t14-/m0/s1. The van der Waals surface area contributed by atoms with Gasteiger partial charge in [-0.15, -0.1) is 0 Å². The molecule has 92 valence electrons. The summed E-state index contributed by atoms with van der Waals surface area (Å²) < 4.78 is 13.5. The van der Waals surface area contributed by atoms with Crippen LogP contribution in [0.15, 0.2) is 24.3 Å². The van der Waals surface area contributed by atoms with Gasteiger partial charge in [0.2, 0.25) is 0 Å². The molecule has 3 heteroatoms. The Kier molecular flexibility index (Phi) is 3.12. The van der Waals surface area contributed by atoms with Gasteiger partial charge in [0.15, 0.2) is 0 Å². The van der Waals surface area contributed by atoms with E-state index in [1.807, 2.05) is 12.1 Å². The SMILES string of the molecule is Fc1ccccc1CN[C@H]1CN2CCC1CC2. The average Bonchev–Trinajstić information content (AvgIpc) is 2.39. The number of piperidine rings is 3. The van der Waals surface area contributed by atoms with Crippen LogP contribution in [0.4, 0.5) is 4.39 Å². The number of rotatable bonds is 3. The fourth-order valence-electron chi connectivity index (χ4n) is 3.08. The molecule has 1 aromatic carbocycles. The van der Waals surface area contributed by atoms with Gasteiger partial charge in [-0.1, -0.05) is 18.2 Å². The Balaban J connectivity index is 1.60. The topological polar surface area (TPSA) is 15.3 Å². The molecule has 17 heavy (non-hydrogen) atoms. The Bertz CT molecular complexity index is 386. The minimum Gasteiger partial charge on any atom is -0.308 e. The zero-order chi connectivity index (χ0) is 11.7. The summed E-state index contributed by atoms with van der Waals surface area (Å²) >= 11 is 0. The molecule has 3 aliphatic rings. The summed E-state index contributed by atoms with van der Waals surface area (Å²) in [7, 11) is 0. The Morgan fingerprint density at radius 2 is 2.00 bits per heavy atom. The van der Waals surface area contributed by atoms with E-state index in [2.05, 4.69) is 10.2 Å². The second-order valence-corrected chi connectivity index (χ2v) is 5.22. The van der Waals surface area contributed by atoms with Gasteiger partial charge in [0.05, 0.1) is 0 Å². The summed E-state index contributed by atoms with van der Waals surface area (Å²) in [6.45, 7) is 4.30. The Morgan fingerprint density at radius 3 is 2.65 bits per heavy atom. The molecule has 1 N–H and O–H groups in total. The van der Waals surface area contributed by atoms with Gasteiger partial charge >= 0.3 is 0 Å². The van der Waals surface area contributed by atoms with Crippen molar-refractivity contribution in [1.82, 2.24) is 10.2 Å². The predicted molar refractivity (Wildman–Crippen MR) is 66.2 cm³/mol. The van der Waals surface area contributed by atoms with Crippen molar-refractivity contribution < 1.29 is 4.39 Å². The predicted octanol–water partition coefficient (Wildman–Crippen LogP) is 2.01. The minimum absolute atomic E-state index is 0.0960. The van der Waals surface area contributed by atoms with E-state index in [-0.39, 0.29) is 5.82 Å². The smallest absolute Gasteiger partial charge is 0.127 e. The quantitative estimate of drug-likeness (QED) is 0.860. The molecule has 0 amide bonds. The van der Waals surface area contributed by atoms with Crippen LogP contribution in [-0.4, -0.2) is 30.6 Å². The molecule has 0 unspecified atom stereocenters. The highest BCUT2D eigenvalue weighted by molar-refractivity contribution is 5.17. The lowest BCUT2D eigenvalue weighted by Gasteiger charge is -2.45. The van der Waals surface area contributed by atoms with Crippen LogP contribution in [0.3, 0.4) is 0 Å². The highest BCUT2D eigenvalue weighted by Gasteiger charge is 2.33. The van der Waals surface area contributed by atoms with Crippen LogP contribution in [0.5, 0.6) is 0 Å². The van der Waals surface area contributed by atoms with E-state index in [1.165, 1.54) is 32.0 Å². The van der Waals surface area contributed by atoms with E-state index < -0.39 is 0 Å². The third-order valence-electron chi connectivity index (χ3n) is 4.17. The number of nitrogens with one attached hydrogen (secondary N) is 1. The molecule has 0 radical (unpaired) electrons. The highest BCUT2D eigenvalue weighted by Crippen LogP contribution is 2.27. The Morgan fingerprint density at radius 1 is 1.24 bits per heavy atom. The first-order valence-corrected chi connectivity index (χ1v) is 6.52. The number of hydrogen-bond donors (Lipinski definition) is 1. The first kappa shape index (κ1) is 11.2. The number of hydrogen-bond acceptors (Lipinski definition) is 2. The maximum Gasteiger partial charge on any atom is 0.127 e. The fraction of sp³-hybridized carbons (Fsp3) is 0.571. The average molecular weight is 234 g/mol. The minimum atomic E-state index is -0.0960. The number of benzene rings is 1. The molecule has 1 aromatic rings. The van der Waals surface area contributed by atoms with Crippen molar-refractivity contribution in [3.05, 3.63) is 35.6 Å². The van der Waals surface area contributed by atoms with Crippen molar-refractivity contribution in [1.29, 1.82) is 0 Å². The van der Waals surface area contributed by atoms with Crippen molar-refractivity contribution in [2.75, 3.05) is 19.6 Å². The van der Waals surface area contributed by atoms with Gasteiger partial charge in [0.25, 0.3) is 0 Å². The number of halogens is 1. The molecule has 2 bridgehead atoms. The van der Waals surface area contributed by atoms with Crippen LogP contribution >= 0.6 is 0 Å². The van der Waals surface area contributed by atoms with Crippen LogP contribution in [0.25, 0.3) is 0 Å². The van der Waals surface area contributed by atoms with Gasteiger partial charge in [-0.3, -0.25) is 0 Å². The van der Waals surface area contributed by atoms with Crippen molar-refractivity contribution in [3.8, 4) is 0 Å². The molecule has 3 fully saturated rings. The van der Waals surface area contributed by atoms with E-state index in [0.29, 0.717) is 12.6 Å². The van der Waals surface area contributed by atoms with Crippen molar-refractivity contribution in [3.63, 3.8) is 0 Å². The molecular formula is C14H19FN2. The lowest BCUT2D eigenvalue weighted by atomic mass is 9.84. The van der Waals surface area contributed by atoms with E-state index in [1.54, 1.807) is 6.07 Å². The summed E-state index contributed by atoms with van der Waals surface area (Å²) in [5, 5.41) is 3.53. The number of fused-ring (bicyclic) bond motifs is 3. The van der Waals surface area contributed by atoms with Crippen LogP contribution in [0.1, 0.15) is 18.4 Å². The van der Waals surface area contributed by atoms with E-state index >= 15 is 0 Å². The van der Waals surface area contributed by atoms with Crippen LogP contribution in [0.2, 0.25) is 0 Å². The van der Waals surface area contributed by atoms with Crippen LogP contribution in [-0.2, 0) is 6.54 Å². The van der Waals surface area contributed by atoms with E-state index in [4.69, 9.17) is 0 Å². The van der Waals surface area contributed by atoms with Crippen molar-refractivity contribution in [2.45, 2.75) is 25.4 Å². The van der Waals surface area contributed by atoms with Gasteiger partial charge in [0.1, 0.15) is 5.82 Å². The molecule has 0 spiro atoms. The molecule has 3 saturated heterocycles. The summed E-state index contributed by atoms with van der Waals surface area (Å²) in [5.41, 5.74) is 0.781. The third-order valence-corrected chi connectivity index (χ3v) is 4.17. The maximum atomic E-state index is 13.5. The normalized spacial score (nSPS) is 31.7. The Labute approximate surface area is 102 Å². The van der Waals surface area contributed by atoms with Gasteiger partial charge < -0.3 is 10.2 Å². The first-order valence-electron chi connectivity index (χ1n) is 6.52. The molecule has 2 nitrogen and oxygen atoms in total. The van der Waals surface area contributed by atoms with Gasteiger partial charge in [-0.25, -0.2) is 4.39 Å². The van der Waals surface area contributed by atoms with Crippen molar-refractivity contribution >= 4 is 0 Å². The largest absolute Gasteiger partial charge is 0.308 e. The molecule has 4 rings (SSSR count). The lowest BCUT2D eigenvalue weighted by molar-refractivity contribution is 0.0719. The molecule has 3 heterocycles. The van der Waals surface area contributed by atoms with E-state index in [0.717, 1.165) is 18.0 Å². The Hall–Kier alpha value is -0.930. The fourth-order valence-corrected chi connectivity index (χ4v) is 3.08. The van der Waals surface area contributed by atoms with E-state index in [9.17, 15) is 4.39 Å². The summed E-state index contributed by atoms with van der Waals surface area (Å²) in [4.78, 5) is 2.51. The van der Waals surface area contributed by atoms with Crippen LogP contribution in [0, 0.1) is 11.7 Å². The maximum absolute atomic E-state index is 13.5. The summed E-state index contributed by atoms with van der Waals surface area (Å²) in [6, 6.07) is 7.60. The summed E-state index contributed by atoms with van der Waals surface area (Å²) in [5.74, 6) is 0.702. The second-order valence-electron chi connectivity index (χ2n) is 5.22. The molecule has 3 aliphatic heterocycles. The molecule has 1 atom stereocenters. The molecule has 0 aliphatic carbocycles. The van der Waals surface area contributed by atoms with Gasteiger partial charge in [0, 0.05) is 24.7 Å². The lowest BCUT2D eigenvalue weighted by Crippen LogP contribution is -2.55. The monoisotopic (exact) mass is 234 g/mol. The molecule has 0 saturated carbocycles. The van der Waals surface area contributed by atoms with Crippen LogP contribution < -0.4 is 5.32 Å². The molecule has 0 aromatic heterocycles. The summed E-state index contributed by atoms with van der Waals surface area (Å²) in [6.07, 6.45) is 2.60. The zero-order valence-electron chi connectivity index (χ0n) is 10.0.